The Morgan fingerprint density at radius 2 is 1.15 bits per heavy atom. The molecule has 0 saturated carbocycles. The molecular formula is C68H57N3. The molecule has 2 atom stereocenters. The molecule has 2 aliphatic heterocycles. The maximum atomic E-state index is 2.77. The Morgan fingerprint density at radius 1 is 0.549 bits per heavy atom. The number of fused-ring (bicyclic) bond motifs is 3. The Kier molecular flexibility index (Phi) is 9.37. The van der Waals surface area contributed by atoms with Crippen LogP contribution in [-0.4, -0.2) is 4.57 Å². The third-order valence-corrected chi connectivity index (χ3v) is 17.0. The maximum Gasteiger partial charge on any atom is 0.0576 e. The van der Waals surface area contributed by atoms with E-state index in [0.717, 1.165) is 37.1 Å². The van der Waals surface area contributed by atoms with Gasteiger partial charge >= 0.3 is 0 Å². The first kappa shape index (κ1) is 42.0. The van der Waals surface area contributed by atoms with Crippen molar-refractivity contribution in [2.75, 3.05) is 9.80 Å². The van der Waals surface area contributed by atoms with E-state index in [9.17, 15) is 0 Å². The van der Waals surface area contributed by atoms with Gasteiger partial charge in [-0.05, 0) is 137 Å². The summed E-state index contributed by atoms with van der Waals surface area (Å²) in [6.07, 6.45) is 18.8. The average molecular weight is 916 g/mol. The van der Waals surface area contributed by atoms with Crippen molar-refractivity contribution in [2.24, 2.45) is 11.3 Å². The molecule has 8 aromatic carbocycles. The van der Waals surface area contributed by atoms with Crippen LogP contribution >= 0.6 is 0 Å². The van der Waals surface area contributed by atoms with Crippen molar-refractivity contribution in [3.8, 4) is 11.1 Å². The summed E-state index contributed by atoms with van der Waals surface area (Å²) in [4.78, 5) is 4.87. The van der Waals surface area contributed by atoms with E-state index in [1.807, 2.05) is 0 Å². The minimum atomic E-state index is -0.137. The smallest absolute Gasteiger partial charge is 0.0576 e. The van der Waals surface area contributed by atoms with E-state index in [-0.39, 0.29) is 16.7 Å². The first-order valence-electron chi connectivity index (χ1n) is 25.8. The summed E-state index contributed by atoms with van der Waals surface area (Å²) < 4.78 is 2.77. The van der Waals surface area contributed by atoms with Gasteiger partial charge in [0.15, 0.2) is 0 Å². The third-order valence-electron chi connectivity index (χ3n) is 17.0. The van der Waals surface area contributed by atoms with E-state index in [1.54, 1.807) is 5.57 Å². The summed E-state index contributed by atoms with van der Waals surface area (Å²) in [7, 11) is 0. The standard InChI is InChI=1S/C68H57N3/c1-67(2)58-34-21-35-59-66(58)71-64-56(40-44(42-60(64)67)50-36-38-62(54-32-19-17-30-52(50)54)69(46-22-9-5-10-23-46)47-24-11-6-12-25-47)57-41-45(43-61(65(57)71)68(59,3)4)51-37-39-63(55-33-20-18-31-53(51)55)70(48-26-13-7-14-27-48)49-28-15-8-16-29-49/h5-7,9-15,17-33,35-42,45,58H,8,16,34,43H2,1-4H3. The molecule has 14 rings (SSSR count). The van der Waals surface area contributed by atoms with E-state index in [2.05, 4.69) is 254 Å². The molecule has 0 fully saturated rings. The largest absolute Gasteiger partial charge is 0.312 e. The summed E-state index contributed by atoms with van der Waals surface area (Å²) in [5.41, 5.74) is 18.2. The van der Waals surface area contributed by atoms with Gasteiger partial charge in [0, 0.05) is 72.5 Å². The summed E-state index contributed by atoms with van der Waals surface area (Å²) >= 11 is 0. The van der Waals surface area contributed by atoms with Gasteiger partial charge in [-0.3, -0.25) is 0 Å². The molecular weight excluding hydrogens is 859 g/mol. The second-order valence-corrected chi connectivity index (χ2v) is 21.5. The summed E-state index contributed by atoms with van der Waals surface area (Å²) in [5, 5.41) is 9.31. The van der Waals surface area contributed by atoms with Gasteiger partial charge in [0.25, 0.3) is 0 Å². The van der Waals surface area contributed by atoms with Crippen molar-refractivity contribution >= 4 is 78.2 Å². The highest BCUT2D eigenvalue weighted by atomic mass is 15.2. The monoisotopic (exact) mass is 915 g/mol. The molecule has 344 valence electrons. The van der Waals surface area contributed by atoms with Gasteiger partial charge in [0.2, 0.25) is 0 Å². The Labute approximate surface area is 417 Å². The number of hydrogen-bond acceptors (Lipinski definition) is 2. The highest BCUT2D eigenvalue weighted by molar-refractivity contribution is 6.08. The van der Waals surface area contributed by atoms with Crippen molar-refractivity contribution in [1.82, 2.24) is 4.57 Å². The normalized spacial score (nSPS) is 19.0. The molecule has 71 heavy (non-hydrogen) atoms. The van der Waals surface area contributed by atoms with E-state index < -0.39 is 0 Å². The van der Waals surface area contributed by atoms with Gasteiger partial charge in [-0.25, -0.2) is 0 Å². The van der Waals surface area contributed by atoms with Gasteiger partial charge in [0.1, 0.15) is 0 Å². The zero-order chi connectivity index (χ0) is 47.6. The lowest BCUT2D eigenvalue weighted by atomic mass is 9.61. The Morgan fingerprint density at radius 3 is 1.83 bits per heavy atom. The van der Waals surface area contributed by atoms with Crippen LogP contribution in [0.25, 0.3) is 60.9 Å². The van der Waals surface area contributed by atoms with Crippen LogP contribution in [0.1, 0.15) is 70.4 Å². The molecule has 3 heteroatoms. The lowest BCUT2D eigenvalue weighted by Crippen LogP contribution is -2.48. The van der Waals surface area contributed by atoms with Crippen molar-refractivity contribution in [3.05, 3.63) is 239 Å². The molecule has 1 aromatic heterocycles. The fraction of sp³-hybridized carbons (Fsp3) is 0.176. The third kappa shape index (κ3) is 6.21. The minimum absolute atomic E-state index is 0.101. The number of hydrogen-bond donors (Lipinski definition) is 0. The molecule has 5 aliphatic rings. The fourth-order valence-corrected chi connectivity index (χ4v) is 13.5. The minimum Gasteiger partial charge on any atom is -0.312 e. The van der Waals surface area contributed by atoms with Gasteiger partial charge in [0.05, 0.1) is 22.2 Å². The van der Waals surface area contributed by atoms with E-state index >= 15 is 0 Å². The van der Waals surface area contributed by atoms with Crippen LogP contribution < -0.4 is 20.4 Å². The van der Waals surface area contributed by atoms with Crippen LogP contribution in [0.3, 0.4) is 0 Å². The molecule has 3 nitrogen and oxygen atoms in total. The van der Waals surface area contributed by atoms with Gasteiger partial charge in [-0.1, -0.05) is 173 Å². The highest BCUT2D eigenvalue weighted by Crippen LogP contribution is 2.58. The van der Waals surface area contributed by atoms with Crippen LogP contribution in [0.4, 0.5) is 28.4 Å². The lowest BCUT2D eigenvalue weighted by Gasteiger charge is -2.49. The second kappa shape index (κ2) is 15.8. The number of allylic oxidation sites excluding steroid dienone is 7. The number of anilines is 5. The molecule has 0 N–H and O–H groups in total. The molecule has 3 heterocycles. The van der Waals surface area contributed by atoms with Crippen LogP contribution in [0.2, 0.25) is 0 Å². The van der Waals surface area contributed by atoms with Crippen LogP contribution in [-0.2, 0) is 5.41 Å². The molecule has 2 unspecified atom stereocenters. The SMILES string of the molecule is CC1(C)C2=C3C(CC=C2)C(C)(C)c2cc(-c4ccc(N(c5ccccc5)c5ccccc5)c5ccccc45)cc4c5c(n3c24)=C1CC(c1ccc(N(C2=CCCC=C2)c2ccccc2)c2ccccc12)C=5. The average Bonchev–Trinajstić information content (AvgIpc) is 3.76. The Bertz CT molecular complexity index is 3900. The first-order chi connectivity index (χ1) is 34.8. The molecule has 0 bridgehead atoms. The predicted molar refractivity (Wildman–Crippen MR) is 300 cm³/mol. The number of benzene rings is 8. The molecule has 0 radical (unpaired) electrons. The lowest BCUT2D eigenvalue weighted by molar-refractivity contribution is 0.366. The Hall–Kier alpha value is -7.88. The second-order valence-electron chi connectivity index (χ2n) is 21.5. The predicted octanol–water partition coefficient (Wildman–Crippen LogP) is 16.7. The molecule has 0 saturated heterocycles. The quantitative estimate of drug-likeness (QED) is 0.150. The van der Waals surface area contributed by atoms with Crippen molar-refractivity contribution in [1.29, 1.82) is 0 Å². The van der Waals surface area contributed by atoms with E-state index in [4.69, 9.17) is 0 Å². The van der Waals surface area contributed by atoms with Crippen LogP contribution in [0, 0.1) is 11.3 Å². The van der Waals surface area contributed by atoms with Gasteiger partial charge in [-0.15, -0.1) is 0 Å². The molecule has 0 spiro atoms. The number of para-hydroxylation sites is 3. The first-order valence-corrected chi connectivity index (χ1v) is 25.8. The highest BCUT2D eigenvalue weighted by Gasteiger charge is 2.49. The number of nitrogens with zero attached hydrogens (tertiary/aromatic N) is 3. The summed E-state index contributed by atoms with van der Waals surface area (Å²) in [5.74, 6) is 0.549. The van der Waals surface area contributed by atoms with E-state index in [0.29, 0.717) is 5.92 Å². The van der Waals surface area contributed by atoms with Crippen LogP contribution in [0.15, 0.2) is 218 Å². The maximum absolute atomic E-state index is 2.77. The van der Waals surface area contributed by atoms with Crippen molar-refractivity contribution in [2.45, 2.75) is 64.7 Å². The van der Waals surface area contributed by atoms with Crippen molar-refractivity contribution in [3.63, 3.8) is 0 Å². The molecule has 9 aromatic rings. The zero-order valence-electron chi connectivity index (χ0n) is 41.0. The summed E-state index contributed by atoms with van der Waals surface area (Å²) in [6.45, 7) is 10.1. The zero-order valence-corrected chi connectivity index (χ0v) is 41.0. The molecule has 3 aliphatic carbocycles. The number of aromatic nitrogens is 1. The van der Waals surface area contributed by atoms with Gasteiger partial charge < -0.3 is 14.4 Å². The molecule has 0 amide bonds. The summed E-state index contributed by atoms with van der Waals surface area (Å²) in [6, 6.07) is 65.5. The topological polar surface area (TPSA) is 11.4 Å². The van der Waals surface area contributed by atoms with Crippen molar-refractivity contribution < 1.29 is 0 Å². The van der Waals surface area contributed by atoms with E-state index in [1.165, 1.54) is 99.3 Å². The number of rotatable bonds is 8. The van der Waals surface area contributed by atoms with Gasteiger partial charge in [-0.2, -0.15) is 0 Å². The Balaban J connectivity index is 1.01. The van der Waals surface area contributed by atoms with Crippen LogP contribution in [0.5, 0.6) is 0 Å². The fourth-order valence-electron chi connectivity index (χ4n) is 13.5.